The lowest BCUT2D eigenvalue weighted by molar-refractivity contribution is -0.119. The van der Waals surface area contributed by atoms with E-state index in [9.17, 15) is 27.6 Å². The van der Waals surface area contributed by atoms with Gasteiger partial charge in [0.1, 0.15) is 58.2 Å². The van der Waals surface area contributed by atoms with Crippen LogP contribution in [0.4, 0.5) is 52.4 Å². The standard InChI is InChI=1S/C26H26N8O.C25H28N8O2.C22H23N7O3S.C21H21N7O/c1-16-19(12-25(35)30-16)11-20-15-29-34-24(31-21-6-7-21)13-23(32-26(20)34)28-14-18-4-3-5-22(10-18)33-9-8-27-17(33)2;1-16-18(12-24(34)29-16)11-19-15-28-33-23(30-20-2-3-20)13-21(31-25(19)33)27-14-17-4-5-26-22(10-17)32-6-8-35-9-7-32;1-13-15(9-21(30)26-13)8-16-12-25-29-20(27-17-4-5-17)10-19(28-22(16)29)24-11-14-2-6-18(7-3-14)33(23,31)32;1-13-15(9-20(29)25-13)8-16-12-24-28-19(26-17-2-3-17)10-18(27-21(16)28)23-11-14-4-6-22-7-5-14/h3-5,8-11,13,15,21,31H,1,6-7,12,14H2,2H3,(H,28,32)(H,30,35);4-5,10-11,13,15,20,30H,1-3,6-9,12,14H2,(H,27,31)(H,29,34);2-3,6-8,10,12,17,27H,1,4-5,9,11H2,(H,24,28)(H,26,30)(H2,23,31,32);4-8,10,12,17,26H,1-3,9,11H2,(H,23,27)(H,25,29)/b19-11+;18-11+;2*15-8+. The molecule has 9 aliphatic rings. The van der Waals surface area contributed by atoms with E-state index in [0.717, 1.165) is 219 Å². The number of benzene rings is 2. The number of hydrogen-bond donors (Lipinski definition) is 13. The van der Waals surface area contributed by atoms with Crippen LogP contribution in [0.25, 0.3) is 52.6 Å². The number of aryl methyl sites for hydroxylation is 1. The number of hydrogen-bond acceptors (Lipinski definition) is 27. The number of imidazole rings is 1. The van der Waals surface area contributed by atoms with Crippen LogP contribution in [0.1, 0.15) is 127 Å². The predicted octanol–water partition coefficient (Wildman–Crippen LogP) is 11.1. The molecule has 13 aromatic rings. The van der Waals surface area contributed by atoms with Gasteiger partial charge in [0.15, 0.2) is 22.6 Å². The van der Waals surface area contributed by atoms with Crippen molar-refractivity contribution in [2.75, 3.05) is 73.7 Å². The summed E-state index contributed by atoms with van der Waals surface area (Å²) in [5, 5.41) is 62.1. The number of aromatic nitrogens is 16. The minimum atomic E-state index is -3.73. The fourth-order valence-corrected chi connectivity index (χ4v) is 16.0. The quantitative estimate of drug-likeness (QED) is 0.0227. The van der Waals surface area contributed by atoms with Crippen molar-refractivity contribution in [1.82, 2.24) is 99.2 Å². The maximum absolute atomic E-state index is 11.8. The molecule has 9 fully saturated rings. The molecule has 4 aliphatic carbocycles. The summed E-state index contributed by atoms with van der Waals surface area (Å²) < 4.78 is 37.6. The van der Waals surface area contributed by atoms with Gasteiger partial charge in [-0.15, -0.1) is 0 Å². The molecule has 5 saturated heterocycles. The second-order valence-corrected chi connectivity index (χ2v) is 35.3. The molecule has 0 unspecified atom stereocenters. The molecule has 22 rings (SSSR count). The van der Waals surface area contributed by atoms with E-state index in [0.29, 0.717) is 104 Å². The highest BCUT2D eigenvalue weighted by atomic mass is 32.2. The van der Waals surface area contributed by atoms with Gasteiger partial charge in [0.2, 0.25) is 33.7 Å². The largest absolute Gasteiger partial charge is 0.378 e. The highest BCUT2D eigenvalue weighted by Crippen LogP contribution is 2.36. The molecule has 14 N–H and O–H groups in total. The number of pyridine rings is 2. The molecule has 4 saturated carbocycles. The Hall–Kier alpha value is -15.7. The zero-order chi connectivity index (χ0) is 90.7. The summed E-state index contributed by atoms with van der Waals surface area (Å²) in [6.07, 6.45) is 34.3. The maximum Gasteiger partial charge on any atom is 0.238 e. The molecule has 0 bridgehead atoms. The first-order valence-electron chi connectivity index (χ1n) is 43.8. The first-order valence-corrected chi connectivity index (χ1v) is 45.4. The molecular formula is C94H98N30O7S. The van der Waals surface area contributed by atoms with Crippen LogP contribution in [0.3, 0.4) is 0 Å². The Labute approximate surface area is 758 Å². The maximum atomic E-state index is 11.8. The first kappa shape index (κ1) is 85.7. The molecule has 2 aromatic carbocycles. The Morgan fingerprint density at radius 2 is 0.795 bits per heavy atom. The van der Waals surface area contributed by atoms with Crippen LogP contribution < -0.4 is 73.8 Å². The van der Waals surface area contributed by atoms with E-state index >= 15 is 0 Å². The van der Waals surface area contributed by atoms with Crippen molar-refractivity contribution in [2.45, 2.75) is 139 Å². The molecular weight excluding hydrogens is 1690 g/mol. The van der Waals surface area contributed by atoms with E-state index in [1.54, 1.807) is 60.0 Å². The van der Waals surface area contributed by atoms with Crippen LogP contribution in [-0.2, 0) is 60.1 Å². The van der Waals surface area contributed by atoms with Crippen molar-refractivity contribution >= 4 is 133 Å². The van der Waals surface area contributed by atoms with E-state index in [1.165, 1.54) is 12.1 Å². The van der Waals surface area contributed by atoms with Crippen LogP contribution in [0.15, 0.2) is 229 Å². The zero-order valence-electron chi connectivity index (χ0n) is 72.5. The number of carbonyl (C=O) groups is 4. The molecule has 672 valence electrons. The zero-order valence-corrected chi connectivity index (χ0v) is 73.3. The number of nitrogens with two attached hydrogens (primary N) is 1. The normalized spacial score (nSPS) is 17.9. The van der Waals surface area contributed by atoms with Crippen LogP contribution in [0.2, 0.25) is 0 Å². The molecule has 0 spiro atoms. The molecule has 0 radical (unpaired) electrons. The number of anilines is 9. The van der Waals surface area contributed by atoms with Crippen molar-refractivity contribution in [3.05, 3.63) is 275 Å². The van der Waals surface area contributed by atoms with E-state index in [1.807, 2.05) is 106 Å². The summed E-state index contributed by atoms with van der Waals surface area (Å²) in [6.45, 7) is 23.2. The number of nitrogens with one attached hydrogen (secondary N) is 12. The fourth-order valence-electron chi connectivity index (χ4n) is 15.5. The third-order valence-corrected chi connectivity index (χ3v) is 24.1. The Bertz CT molecular complexity index is 7000. The van der Waals surface area contributed by atoms with Crippen molar-refractivity contribution in [3.63, 3.8) is 0 Å². The summed E-state index contributed by atoms with van der Waals surface area (Å²) in [6, 6.07) is 32.5. The smallest absolute Gasteiger partial charge is 0.238 e. The number of fused-ring (bicyclic) bond motifs is 4. The van der Waals surface area contributed by atoms with E-state index < -0.39 is 10.0 Å². The third kappa shape index (κ3) is 20.7. The molecule has 16 heterocycles. The summed E-state index contributed by atoms with van der Waals surface area (Å²) in [4.78, 5) is 81.3. The van der Waals surface area contributed by atoms with Gasteiger partial charge >= 0.3 is 0 Å². The van der Waals surface area contributed by atoms with Crippen molar-refractivity contribution < 1.29 is 32.3 Å². The predicted molar refractivity (Wildman–Crippen MR) is 505 cm³/mol. The number of primary sulfonamides is 1. The lowest BCUT2D eigenvalue weighted by atomic mass is 10.1. The fraction of sp³-hybridized carbons (Fsp3) is 0.266. The number of rotatable bonds is 27. The number of nitrogens with zero attached hydrogens (tertiary/aromatic N) is 17. The first-order chi connectivity index (χ1) is 64.1. The average Bonchev–Trinajstić information content (AvgIpc) is 1.64. The Kier molecular flexibility index (Phi) is 24.1. The van der Waals surface area contributed by atoms with Crippen LogP contribution >= 0.6 is 0 Å². The van der Waals surface area contributed by atoms with E-state index in [4.69, 9.17) is 29.8 Å². The molecule has 38 heteroatoms. The summed E-state index contributed by atoms with van der Waals surface area (Å²) in [5.41, 5.74) is 17.4. The minimum absolute atomic E-state index is 0.0403. The highest BCUT2D eigenvalue weighted by Gasteiger charge is 2.31. The van der Waals surface area contributed by atoms with Gasteiger partial charge in [-0.25, -0.2) is 43.5 Å². The average molecular weight is 1790 g/mol. The van der Waals surface area contributed by atoms with Crippen molar-refractivity contribution in [1.29, 1.82) is 0 Å². The summed E-state index contributed by atoms with van der Waals surface area (Å²) in [7, 11) is -3.73. The van der Waals surface area contributed by atoms with E-state index in [-0.39, 0.29) is 34.9 Å². The van der Waals surface area contributed by atoms with Gasteiger partial charge in [-0.3, -0.25) is 24.2 Å². The third-order valence-electron chi connectivity index (χ3n) is 23.2. The van der Waals surface area contributed by atoms with E-state index in [2.05, 4.69) is 159 Å². The van der Waals surface area contributed by atoms with Crippen molar-refractivity contribution in [2.24, 2.45) is 5.14 Å². The number of ether oxygens (including phenoxy) is 1. The lowest BCUT2D eigenvalue weighted by Crippen LogP contribution is -2.36. The van der Waals surface area contributed by atoms with Crippen molar-refractivity contribution in [3.8, 4) is 5.69 Å². The van der Waals surface area contributed by atoms with Crippen LogP contribution in [0, 0.1) is 6.92 Å². The topological polar surface area (TPSA) is 450 Å². The molecule has 37 nitrogen and oxygen atoms in total. The lowest BCUT2D eigenvalue weighted by Gasteiger charge is -2.28. The van der Waals surface area contributed by atoms with Crippen LogP contribution in [-0.4, -0.2) is 160 Å². The second kappa shape index (κ2) is 37.2. The number of sulfonamides is 1. The number of allylic oxidation sites excluding steroid dienone is 4. The number of amides is 4. The van der Waals surface area contributed by atoms with Crippen LogP contribution in [0.5, 0.6) is 0 Å². The van der Waals surface area contributed by atoms with Gasteiger partial charge in [-0.05, 0) is 176 Å². The summed E-state index contributed by atoms with van der Waals surface area (Å²) in [5.74, 6) is 8.13. The number of carbonyl (C=O) groups excluding carboxylic acids is 4. The second-order valence-electron chi connectivity index (χ2n) is 33.7. The van der Waals surface area contributed by atoms with Gasteiger partial charge < -0.3 is 78.0 Å². The number of morpholine rings is 1. The highest BCUT2D eigenvalue weighted by molar-refractivity contribution is 7.89. The Morgan fingerprint density at radius 3 is 1.14 bits per heavy atom. The monoisotopic (exact) mass is 1790 g/mol. The minimum Gasteiger partial charge on any atom is -0.378 e. The molecule has 5 aliphatic heterocycles. The Morgan fingerprint density at radius 1 is 0.439 bits per heavy atom. The Balaban J connectivity index is 0.000000114. The SMILES string of the molecule is C=C1NC(=O)C/C1=C\c1cnn2c(NC3CC3)cc(NCc3ccc(S(N)(=O)=O)cc3)nc12.C=C1NC(=O)C/C1=C\c1cnn2c(NC3CC3)cc(NCc3cccc(-n4ccnc4C)c3)nc12.C=C1NC(=O)C/C1=C\c1cnn2c(NC3CC3)cc(NCc3ccnc(N4CCOCC4)c3)nc12.C=C1NC(=O)C/C1=C\c1cnn2c(NC3CC3)cc(NCc3ccncc3)nc12. The molecule has 4 amide bonds. The molecule has 11 aromatic heterocycles. The van der Waals surface area contributed by atoms with Gasteiger partial charge in [-0.2, -0.15) is 38.5 Å². The van der Waals surface area contributed by atoms with Gasteiger partial charge in [0, 0.05) is 169 Å². The van der Waals surface area contributed by atoms with Gasteiger partial charge in [0.05, 0.1) is 68.6 Å². The van der Waals surface area contributed by atoms with Gasteiger partial charge in [0.25, 0.3) is 0 Å². The molecule has 132 heavy (non-hydrogen) atoms. The molecule has 0 atom stereocenters. The van der Waals surface area contributed by atoms with Gasteiger partial charge in [-0.1, -0.05) is 50.6 Å². The summed E-state index contributed by atoms with van der Waals surface area (Å²) >= 11 is 0.